The van der Waals surface area contributed by atoms with Crippen molar-refractivity contribution in [2.24, 2.45) is 0 Å². The normalized spacial score (nSPS) is 10.7. The first-order valence-corrected chi connectivity index (χ1v) is 22.1. The van der Waals surface area contributed by atoms with Crippen molar-refractivity contribution in [1.29, 1.82) is 0 Å². The number of nitrogens with two attached hydrogens (primary N) is 2. The Morgan fingerprint density at radius 2 is 0.743 bits per heavy atom. The van der Waals surface area contributed by atoms with Crippen molar-refractivity contribution >= 4 is 103 Å². The largest absolute Gasteiger partial charge is 0.368 e. The first kappa shape index (κ1) is 45.2. The summed E-state index contributed by atoms with van der Waals surface area (Å²) in [6.07, 6.45) is 3.55. The minimum Gasteiger partial charge on any atom is -0.368 e. The number of aryl methyl sites for hydroxylation is 2. The van der Waals surface area contributed by atoms with Gasteiger partial charge in [-0.1, -0.05) is 36.4 Å². The van der Waals surface area contributed by atoms with E-state index in [4.69, 9.17) is 11.5 Å². The maximum atomic E-state index is 12.7. The number of nitrogen functional groups attached to an aromatic ring is 2. The van der Waals surface area contributed by atoms with Crippen LogP contribution in [0.2, 0.25) is 0 Å². The van der Waals surface area contributed by atoms with Gasteiger partial charge in [-0.25, -0.2) is 9.97 Å². The molecule has 0 atom stereocenters. The summed E-state index contributed by atoms with van der Waals surface area (Å²) >= 11 is 0. The van der Waals surface area contributed by atoms with Crippen molar-refractivity contribution in [2.45, 2.75) is 13.8 Å². The molecule has 10 N–H and O–H groups in total. The molecule has 0 saturated heterocycles. The molecule has 4 heterocycles. The van der Waals surface area contributed by atoms with Crippen LogP contribution in [0.25, 0.3) is 21.8 Å². The van der Waals surface area contributed by atoms with Gasteiger partial charge in [0, 0.05) is 103 Å². The first-order valence-electron chi connectivity index (χ1n) is 22.1. The molecule has 0 aliphatic rings. The van der Waals surface area contributed by atoms with Gasteiger partial charge in [0.2, 0.25) is 11.9 Å². The Bertz CT molecular complexity index is 3180. The van der Waals surface area contributed by atoms with Crippen LogP contribution >= 0.6 is 0 Å². The van der Waals surface area contributed by atoms with E-state index in [1.165, 1.54) is 0 Å². The van der Waals surface area contributed by atoms with Crippen molar-refractivity contribution in [2.75, 3.05) is 43.4 Å². The molecule has 6 aromatic carbocycles. The number of pyridine rings is 2. The zero-order chi connectivity index (χ0) is 48.4. The fourth-order valence-electron chi connectivity index (χ4n) is 7.42. The van der Waals surface area contributed by atoms with Crippen LogP contribution in [0.3, 0.4) is 0 Å². The second-order valence-corrected chi connectivity index (χ2v) is 16.0. The van der Waals surface area contributed by atoms with Gasteiger partial charge in [0.05, 0.1) is 11.0 Å². The van der Waals surface area contributed by atoms with Gasteiger partial charge in [-0.2, -0.15) is 9.97 Å². The quantitative estimate of drug-likeness (QED) is 0.0569. The van der Waals surface area contributed by atoms with Crippen LogP contribution in [0.5, 0.6) is 0 Å². The molecular formula is C54H46N14O2. The van der Waals surface area contributed by atoms with E-state index < -0.39 is 0 Å². The molecule has 0 aliphatic heterocycles. The standard InChI is InChI=1S/2C27H23N7O/c2*1-17-16-25(34-27(28)30-17)32-20-10-12-21(13-11-20)33-26(35)18-6-8-19(9-7-18)31-24-14-15-29-23-5-3-2-4-22(23)24/h2*2-16H,1H3,(H,29,31)(H,33,35)(H3,28,30,32,34). The van der Waals surface area contributed by atoms with Crippen LogP contribution in [0.4, 0.5) is 69.0 Å². The number of nitrogens with one attached hydrogen (secondary N) is 6. The third-order valence-corrected chi connectivity index (χ3v) is 10.7. The lowest BCUT2D eigenvalue weighted by Gasteiger charge is -2.11. The molecule has 0 unspecified atom stereocenters. The summed E-state index contributed by atoms with van der Waals surface area (Å²) in [5, 5.41) is 21.1. The summed E-state index contributed by atoms with van der Waals surface area (Å²) in [5.74, 6) is 1.27. The van der Waals surface area contributed by atoms with Crippen LogP contribution in [0.15, 0.2) is 182 Å². The highest BCUT2D eigenvalue weighted by molar-refractivity contribution is 6.05. The number of hydrogen-bond acceptors (Lipinski definition) is 14. The van der Waals surface area contributed by atoms with Gasteiger partial charge in [-0.05, 0) is 135 Å². The number of para-hydroxylation sites is 2. The maximum Gasteiger partial charge on any atom is 0.255 e. The van der Waals surface area contributed by atoms with E-state index in [1.807, 2.05) is 159 Å². The van der Waals surface area contributed by atoms with Gasteiger partial charge in [0.25, 0.3) is 11.8 Å². The van der Waals surface area contributed by atoms with Crippen molar-refractivity contribution in [1.82, 2.24) is 29.9 Å². The molecule has 2 amide bonds. The second-order valence-electron chi connectivity index (χ2n) is 16.0. The average Bonchev–Trinajstić information content (AvgIpc) is 3.35. The number of hydrogen-bond donors (Lipinski definition) is 8. The molecule has 0 fully saturated rings. The zero-order valence-electron chi connectivity index (χ0n) is 38.0. The summed E-state index contributed by atoms with van der Waals surface area (Å²) in [7, 11) is 0. The summed E-state index contributed by atoms with van der Waals surface area (Å²) in [6, 6.07) is 52.8. The van der Waals surface area contributed by atoms with Crippen LogP contribution in [0, 0.1) is 13.8 Å². The molecule has 0 spiro atoms. The number of benzene rings is 6. The number of fused-ring (bicyclic) bond motifs is 2. The highest BCUT2D eigenvalue weighted by Gasteiger charge is 2.11. The van der Waals surface area contributed by atoms with Crippen LogP contribution in [-0.4, -0.2) is 41.7 Å². The Labute approximate surface area is 402 Å². The number of amides is 2. The SMILES string of the molecule is Cc1cc(Nc2ccc(NC(=O)c3ccc(Nc4ccnc5ccccc45)cc3)cc2)nc(N)n1.Cc1cc(Nc2ccc(NC(=O)c3ccc(Nc4ccnc5ccccc45)cc3)cc2)nc(N)n1. The van der Waals surface area contributed by atoms with E-state index in [1.54, 1.807) is 36.7 Å². The molecule has 0 radical (unpaired) electrons. The average molecular weight is 923 g/mol. The minimum absolute atomic E-state index is 0.189. The molecular weight excluding hydrogens is 877 g/mol. The first-order chi connectivity index (χ1) is 34.1. The van der Waals surface area contributed by atoms with Crippen molar-refractivity contribution < 1.29 is 9.59 Å². The molecule has 344 valence electrons. The summed E-state index contributed by atoms with van der Waals surface area (Å²) < 4.78 is 0. The van der Waals surface area contributed by atoms with Gasteiger partial charge in [-0.15, -0.1) is 0 Å². The van der Waals surface area contributed by atoms with Crippen molar-refractivity contribution in [3.8, 4) is 0 Å². The third-order valence-electron chi connectivity index (χ3n) is 10.7. The van der Waals surface area contributed by atoms with E-state index in [0.29, 0.717) is 34.1 Å². The van der Waals surface area contributed by atoms with Crippen LogP contribution in [-0.2, 0) is 0 Å². The lowest BCUT2D eigenvalue weighted by atomic mass is 10.1. The Hall–Kier alpha value is -9.96. The molecule has 10 aromatic rings. The van der Waals surface area contributed by atoms with E-state index in [9.17, 15) is 9.59 Å². The number of aromatic nitrogens is 6. The van der Waals surface area contributed by atoms with E-state index in [0.717, 1.165) is 67.3 Å². The smallest absolute Gasteiger partial charge is 0.255 e. The van der Waals surface area contributed by atoms with Crippen LogP contribution in [0.1, 0.15) is 32.1 Å². The Morgan fingerprint density at radius 3 is 1.13 bits per heavy atom. The molecule has 10 rings (SSSR count). The van der Waals surface area contributed by atoms with Gasteiger partial charge in [0.1, 0.15) is 11.6 Å². The Kier molecular flexibility index (Phi) is 13.4. The molecule has 4 aromatic heterocycles. The fourth-order valence-corrected chi connectivity index (χ4v) is 7.42. The summed E-state index contributed by atoms with van der Waals surface area (Å²) in [4.78, 5) is 50.7. The molecule has 16 nitrogen and oxygen atoms in total. The summed E-state index contributed by atoms with van der Waals surface area (Å²) in [5.41, 5.74) is 22.6. The van der Waals surface area contributed by atoms with E-state index >= 15 is 0 Å². The number of nitrogens with zero attached hydrogens (tertiary/aromatic N) is 6. The van der Waals surface area contributed by atoms with Gasteiger partial charge >= 0.3 is 0 Å². The highest BCUT2D eigenvalue weighted by Crippen LogP contribution is 2.28. The second kappa shape index (κ2) is 20.7. The minimum atomic E-state index is -0.189. The number of rotatable bonds is 12. The van der Waals surface area contributed by atoms with Crippen LogP contribution < -0.4 is 43.4 Å². The van der Waals surface area contributed by atoms with Gasteiger partial charge in [-0.3, -0.25) is 19.6 Å². The topological polar surface area (TPSA) is 236 Å². The molecule has 0 saturated carbocycles. The molecule has 0 aliphatic carbocycles. The van der Waals surface area contributed by atoms with Gasteiger partial charge < -0.3 is 43.4 Å². The Balaban J connectivity index is 0.000000174. The third kappa shape index (κ3) is 11.5. The highest BCUT2D eigenvalue weighted by atomic mass is 16.2. The van der Waals surface area contributed by atoms with Gasteiger partial charge in [0.15, 0.2) is 0 Å². The monoisotopic (exact) mass is 922 g/mol. The predicted octanol–water partition coefficient (Wildman–Crippen LogP) is 11.3. The van der Waals surface area contributed by atoms with Crippen molar-refractivity contribution in [3.63, 3.8) is 0 Å². The number of carbonyl (C=O) groups is 2. The van der Waals surface area contributed by atoms with E-state index in [-0.39, 0.29) is 23.7 Å². The number of carbonyl (C=O) groups excluding carboxylic acids is 2. The Morgan fingerprint density at radius 1 is 0.400 bits per heavy atom. The lowest BCUT2D eigenvalue weighted by molar-refractivity contribution is 0.101. The number of anilines is 12. The van der Waals surface area contributed by atoms with E-state index in [2.05, 4.69) is 61.8 Å². The predicted molar refractivity (Wildman–Crippen MR) is 281 cm³/mol. The van der Waals surface area contributed by atoms with Crippen molar-refractivity contribution in [3.05, 3.63) is 205 Å². The molecule has 0 bridgehead atoms. The zero-order valence-corrected chi connectivity index (χ0v) is 38.0. The summed E-state index contributed by atoms with van der Waals surface area (Å²) in [6.45, 7) is 3.71. The molecule has 70 heavy (non-hydrogen) atoms. The lowest BCUT2D eigenvalue weighted by Crippen LogP contribution is -2.11. The fraction of sp³-hybridized carbons (Fsp3) is 0.0370. The molecule has 16 heteroatoms. The maximum absolute atomic E-state index is 12.7.